The van der Waals surface area contributed by atoms with E-state index in [1.165, 1.54) is 31.2 Å². The van der Waals surface area contributed by atoms with Gasteiger partial charge in [0.25, 0.3) is 0 Å². The fraction of sp³-hybridized carbons (Fsp3) is 0.559. The van der Waals surface area contributed by atoms with Gasteiger partial charge in [-0.25, -0.2) is 15.0 Å². The number of nitrogens with two attached hydrogens (primary N) is 1. The summed E-state index contributed by atoms with van der Waals surface area (Å²) in [4.78, 5) is 19.1. The van der Waals surface area contributed by atoms with Crippen LogP contribution >= 0.6 is 0 Å². The van der Waals surface area contributed by atoms with Gasteiger partial charge < -0.3 is 20.0 Å². The smallest absolute Gasteiger partial charge is 0.148 e. The van der Waals surface area contributed by atoms with Crippen LogP contribution in [0, 0.1) is 0 Å². The second-order valence-electron chi connectivity index (χ2n) is 13.4. The number of nitrogen functional groups attached to an aromatic ring is 1. The zero-order valence-corrected chi connectivity index (χ0v) is 26.6. The van der Waals surface area contributed by atoms with E-state index in [9.17, 15) is 0 Å². The number of ether oxygens (including phenoxy) is 1. The van der Waals surface area contributed by atoms with Crippen LogP contribution in [0.2, 0.25) is 0 Å². The fourth-order valence-corrected chi connectivity index (χ4v) is 6.11. The first-order valence-corrected chi connectivity index (χ1v) is 15.6. The zero-order chi connectivity index (χ0) is 30.2. The molecule has 1 aliphatic carbocycles. The third kappa shape index (κ3) is 6.25. The van der Waals surface area contributed by atoms with Crippen molar-refractivity contribution in [3.8, 4) is 0 Å². The van der Waals surface area contributed by atoms with E-state index in [1.54, 1.807) is 0 Å². The van der Waals surface area contributed by atoms with Gasteiger partial charge in [-0.1, -0.05) is 46.8 Å². The van der Waals surface area contributed by atoms with Crippen molar-refractivity contribution in [1.82, 2.24) is 29.4 Å². The van der Waals surface area contributed by atoms with Gasteiger partial charge in [-0.2, -0.15) is 0 Å². The van der Waals surface area contributed by atoms with Gasteiger partial charge in [0.1, 0.15) is 29.8 Å². The molecule has 4 heterocycles. The maximum atomic E-state index is 6.48. The zero-order valence-electron chi connectivity index (χ0n) is 26.6. The normalized spacial score (nSPS) is 19.5. The molecule has 1 saturated carbocycles. The first kappa shape index (κ1) is 30.2. The predicted octanol–water partition coefficient (Wildman–Crippen LogP) is 7.41. The third-order valence-electron chi connectivity index (χ3n) is 8.85. The van der Waals surface area contributed by atoms with Crippen LogP contribution < -0.4 is 5.73 Å². The Balaban J connectivity index is 0.000000199. The topological polar surface area (TPSA) is 97.9 Å². The molecule has 0 spiro atoms. The Morgan fingerprint density at radius 1 is 1.19 bits per heavy atom. The lowest BCUT2D eigenvalue weighted by molar-refractivity contribution is -0.0310. The van der Waals surface area contributed by atoms with Crippen LogP contribution in [0.15, 0.2) is 37.3 Å². The minimum atomic E-state index is -0.00435. The standard InChI is InChI=1S/C21H31N5O.C13H18N2/c1-13(2)17-11-26(21-19(17)20(22)23-12-24-21)18-9-8-16(27-18)10-25(14(3)4)15-6-5-7-15;1-5-12-14-10-7-6-9(13(2,3)4)8-11(10)15-12/h11-12,14-16,18H,1,5-10H2,2-4H3,(H2,22,23,24);6-8H,5H2,1-4H3,(H,14,15). The van der Waals surface area contributed by atoms with E-state index in [4.69, 9.17) is 10.5 Å². The van der Waals surface area contributed by atoms with Crippen LogP contribution in [0.1, 0.15) is 104 Å². The Kier molecular flexibility index (Phi) is 8.76. The number of anilines is 1. The van der Waals surface area contributed by atoms with E-state index in [1.807, 2.05) is 6.92 Å². The number of aromatic amines is 1. The molecule has 2 atom stereocenters. The number of hydrogen-bond acceptors (Lipinski definition) is 6. The van der Waals surface area contributed by atoms with Gasteiger partial charge in [-0.05, 0) is 75.1 Å². The molecule has 1 aliphatic heterocycles. The number of imidazole rings is 1. The summed E-state index contributed by atoms with van der Waals surface area (Å²) in [6.07, 6.45) is 10.9. The summed E-state index contributed by atoms with van der Waals surface area (Å²) in [5, 5.41) is 0.885. The third-order valence-corrected chi connectivity index (χ3v) is 8.85. The number of hydrogen-bond donors (Lipinski definition) is 2. The maximum absolute atomic E-state index is 6.48. The van der Waals surface area contributed by atoms with E-state index < -0.39 is 0 Å². The quantitative estimate of drug-likeness (QED) is 0.240. The second-order valence-corrected chi connectivity index (χ2v) is 13.4. The maximum Gasteiger partial charge on any atom is 0.148 e. The van der Waals surface area contributed by atoms with Crippen LogP contribution in [-0.4, -0.2) is 54.1 Å². The minimum Gasteiger partial charge on any atom is -0.383 e. The summed E-state index contributed by atoms with van der Waals surface area (Å²) >= 11 is 0. The van der Waals surface area contributed by atoms with E-state index in [0.717, 1.165) is 70.9 Å². The largest absolute Gasteiger partial charge is 0.383 e. The number of nitrogens with one attached hydrogen (secondary N) is 1. The monoisotopic (exact) mass is 571 g/mol. The second kappa shape index (κ2) is 12.2. The SMILES string of the molecule is C=C(C)c1cn(C2CCC(CN(C(C)C)C3CCC3)O2)c2ncnc(N)c12.CCc1nc2ccc(C(C)(C)C)cc2[nH]1. The number of rotatable bonds is 7. The lowest BCUT2D eigenvalue weighted by Gasteiger charge is -2.41. The molecule has 8 heteroatoms. The number of aryl methyl sites for hydroxylation is 1. The van der Waals surface area contributed by atoms with Crippen molar-refractivity contribution in [2.24, 2.45) is 0 Å². The molecule has 6 rings (SSSR count). The summed E-state index contributed by atoms with van der Waals surface area (Å²) in [7, 11) is 0. The molecule has 2 fully saturated rings. The van der Waals surface area contributed by atoms with Crippen molar-refractivity contribution in [2.45, 2.75) is 117 Å². The predicted molar refractivity (Wildman–Crippen MR) is 173 cm³/mol. The first-order chi connectivity index (χ1) is 20.0. The molecule has 0 bridgehead atoms. The lowest BCUT2D eigenvalue weighted by atomic mass is 9.87. The van der Waals surface area contributed by atoms with E-state index >= 15 is 0 Å². The Morgan fingerprint density at radius 2 is 1.95 bits per heavy atom. The molecule has 3 N–H and O–H groups in total. The molecule has 2 aliphatic rings. The molecule has 0 amide bonds. The molecule has 42 heavy (non-hydrogen) atoms. The number of H-pyrrole nitrogens is 1. The van der Waals surface area contributed by atoms with Crippen molar-refractivity contribution >= 4 is 33.5 Å². The van der Waals surface area contributed by atoms with Crippen molar-refractivity contribution in [1.29, 1.82) is 0 Å². The number of nitrogens with zero attached hydrogens (tertiary/aromatic N) is 5. The Bertz CT molecular complexity index is 1540. The molecule has 226 valence electrons. The highest BCUT2D eigenvalue weighted by molar-refractivity contribution is 5.97. The summed E-state index contributed by atoms with van der Waals surface area (Å²) < 4.78 is 8.60. The molecule has 4 aromatic rings. The van der Waals surface area contributed by atoms with Gasteiger partial charge in [-0.15, -0.1) is 0 Å². The van der Waals surface area contributed by atoms with Crippen LogP contribution in [-0.2, 0) is 16.6 Å². The number of fused-ring (bicyclic) bond motifs is 2. The van der Waals surface area contributed by atoms with Crippen LogP contribution in [0.25, 0.3) is 27.6 Å². The van der Waals surface area contributed by atoms with Crippen LogP contribution in [0.3, 0.4) is 0 Å². The Morgan fingerprint density at radius 3 is 2.57 bits per heavy atom. The van der Waals surface area contributed by atoms with Crippen molar-refractivity contribution < 1.29 is 4.74 Å². The average molecular weight is 572 g/mol. The lowest BCUT2D eigenvalue weighted by Crippen LogP contribution is -2.47. The van der Waals surface area contributed by atoms with Gasteiger partial charge in [0.05, 0.1) is 22.5 Å². The highest BCUT2D eigenvalue weighted by atomic mass is 16.5. The number of allylic oxidation sites excluding steroid dienone is 1. The molecular formula is C34H49N7O. The number of benzene rings is 1. The summed E-state index contributed by atoms with van der Waals surface area (Å²) in [6, 6.07) is 7.78. The molecule has 1 aromatic carbocycles. The van der Waals surface area contributed by atoms with Gasteiger partial charge >= 0.3 is 0 Å². The first-order valence-electron chi connectivity index (χ1n) is 15.6. The Hall–Kier alpha value is -3.23. The molecule has 3 aromatic heterocycles. The summed E-state index contributed by atoms with van der Waals surface area (Å²) in [6.45, 7) is 20.5. The molecule has 8 nitrogen and oxygen atoms in total. The summed E-state index contributed by atoms with van der Waals surface area (Å²) in [5.41, 5.74) is 12.7. The van der Waals surface area contributed by atoms with Gasteiger partial charge in [0, 0.05) is 36.8 Å². The van der Waals surface area contributed by atoms with Crippen molar-refractivity contribution in [2.75, 3.05) is 12.3 Å². The van der Waals surface area contributed by atoms with Gasteiger partial charge in [0.2, 0.25) is 0 Å². The summed E-state index contributed by atoms with van der Waals surface area (Å²) in [5.74, 6) is 1.57. The highest BCUT2D eigenvalue weighted by Crippen LogP contribution is 2.37. The van der Waals surface area contributed by atoms with Gasteiger partial charge in [0.15, 0.2) is 0 Å². The Labute approximate surface area is 250 Å². The van der Waals surface area contributed by atoms with Crippen LogP contribution in [0.5, 0.6) is 0 Å². The van der Waals surface area contributed by atoms with E-state index in [-0.39, 0.29) is 17.7 Å². The van der Waals surface area contributed by atoms with Crippen molar-refractivity contribution in [3.05, 3.63) is 54.3 Å². The molecule has 0 radical (unpaired) electrons. The minimum absolute atomic E-state index is 0.00435. The number of aromatic nitrogens is 5. The van der Waals surface area contributed by atoms with Gasteiger partial charge in [-0.3, -0.25) is 4.90 Å². The average Bonchev–Trinajstić information content (AvgIpc) is 3.63. The van der Waals surface area contributed by atoms with Crippen LogP contribution in [0.4, 0.5) is 5.82 Å². The highest BCUT2D eigenvalue weighted by Gasteiger charge is 2.34. The fourth-order valence-electron chi connectivity index (χ4n) is 6.11. The van der Waals surface area contributed by atoms with E-state index in [2.05, 4.69) is 102 Å². The molecular weight excluding hydrogens is 522 g/mol. The van der Waals surface area contributed by atoms with E-state index in [0.29, 0.717) is 11.9 Å². The molecule has 2 unspecified atom stereocenters. The van der Waals surface area contributed by atoms with Crippen molar-refractivity contribution in [3.63, 3.8) is 0 Å². The molecule has 1 saturated heterocycles.